The minimum Gasteiger partial charge on any atom is -0.494 e. The fourth-order valence-electron chi connectivity index (χ4n) is 1.33. The molecule has 0 saturated carbocycles. The van der Waals surface area contributed by atoms with Crippen LogP contribution < -0.4 is 4.74 Å². The van der Waals surface area contributed by atoms with E-state index in [1.807, 2.05) is 0 Å². The fraction of sp³-hybridized carbons (Fsp3) is 0.417. The molecule has 1 aromatic carbocycles. The minimum atomic E-state index is -3.87. The normalized spacial score (nSPS) is 11.2. The third-order valence-electron chi connectivity index (χ3n) is 2.25. The van der Waals surface area contributed by atoms with E-state index in [2.05, 4.69) is 4.18 Å². The van der Waals surface area contributed by atoms with Gasteiger partial charge in [-0.15, -0.1) is 0 Å². The van der Waals surface area contributed by atoms with Gasteiger partial charge < -0.3 is 14.9 Å². The molecule has 20 heavy (non-hydrogen) atoms. The molecule has 0 bridgehead atoms. The van der Waals surface area contributed by atoms with Crippen LogP contribution in [-0.2, 0) is 19.1 Å². The Bertz CT molecular complexity index is 521. The molecule has 0 unspecified atom stereocenters. The maximum atomic E-state index is 11.6. The summed E-state index contributed by atoms with van der Waals surface area (Å²) in [5.41, 5.74) is 0. The van der Waals surface area contributed by atoms with Crippen LogP contribution in [0.25, 0.3) is 0 Å². The maximum Gasteiger partial charge on any atom is 0.303 e. The summed E-state index contributed by atoms with van der Waals surface area (Å²) in [5, 5.41) is 17.0. The molecule has 0 heterocycles. The van der Waals surface area contributed by atoms with E-state index in [0.29, 0.717) is 12.2 Å². The summed E-state index contributed by atoms with van der Waals surface area (Å²) in [4.78, 5) is 10.3. The minimum absolute atomic E-state index is 0.0153. The largest absolute Gasteiger partial charge is 0.494 e. The van der Waals surface area contributed by atoms with E-state index in [9.17, 15) is 13.2 Å². The zero-order valence-corrected chi connectivity index (χ0v) is 11.5. The zero-order chi connectivity index (χ0) is 15.0. The molecule has 112 valence electrons. The first kappa shape index (κ1) is 16.4. The van der Waals surface area contributed by atoms with Gasteiger partial charge in [-0.25, -0.2) is 0 Å². The van der Waals surface area contributed by atoms with Gasteiger partial charge in [-0.3, -0.25) is 8.98 Å². The number of hydrogen-bond acceptors (Lipinski definition) is 6. The molecule has 0 atom stereocenters. The molecule has 0 fully saturated rings. The van der Waals surface area contributed by atoms with Crippen LogP contribution in [0.1, 0.15) is 12.8 Å². The molecule has 0 amide bonds. The van der Waals surface area contributed by atoms with Crippen molar-refractivity contribution in [3.05, 3.63) is 24.3 Å². The van der Waals surface area contributed by atoms with Crippen molar-refractivity contribution in [2.45, 2.75) is 17.7 Å². The summed E-state index contributed by atoms with van der Waals surface area (Å²) in [6.45, 7) is -0.445. The molecular formula is C12H16O7S. The fourth-order valence-corrected chi connectivity index (χ4v) is 2.23. The van der Waals surface area contributed by atoms with Crippen molar-refractivity contribution >= 4 is 16.1 Å². The molecule has 0 aliphatic heterocycles. The average molecular weight is 304 g/mol. The van der Waals surface area contributed by atoms with Crippen LogP contribution in [0.5, 0.6) is 5.75 Å². The topological polar surface area (TPSA) is 110 Å². The SMILES string of the molecule is O=C(O)CCCOc1ccc(S(=O)(=O)OCCO)cc1. The Morgan fingerprint density at radius 2 is 1.80 bits per heavy atom. The van der Waals surface area contributed by atoms with E-state index in [-0.39, 0.29) is 31.1 Å². The smallest absolute Gasteiger partial charge is 0.303 e. The molecule has 0 radical (unpaired) electrons. The summed E-state index contributed by atoms with van der Waals surface area (Å²) in [7, 11) is -3.87. The van der Waals surface area contributed by atoms with Crippen LogP contribution in [0.15, 0.2) is 29.2 Å². The van der Waals surface area contributed by atoms with Gasteiger partial charge in [-0.2, -0.15) is 8.42 Å². The Hall–Kier alpha value is -1.64. The van der Waals surface area contributed by atoms with Crippen LogP contribution in [0, 0.1) is 0 Å². The Labute approximate surface area is 116 Å². The first-order valence-corrected chi connectivity index (χ1v) is 7.31. The number of carbonyl (C=O) groups is 1. The highest BCUT2D eigenvalue weighted by molar-refractivity contribution is 7.86. The summed E-state index contributed by atoms with van der Waals surface area (Å²) in [6.07, 6.45) is 0.385. The van der Waals surface area contributed by atoms with Crippen LogP contribution in [0.2, 0.25) is 0 Å². The second-order valence-corrected chi connectivity index (χ2v) is 5.43. The number of hydrogen-bond donors (Lipinski definition) is 2. The van der Waals surface area contributed by atoms with Crippen molar-refractivity contribution in [2.75, 3.05) is 19.8 Å². The number of ether oxygens (including phenoxy) is 1. The number of aliphatic carboxylic acids is 1. The summed E-state index contributed by atoms with van der Waals surface area (Å²) < 4.78 is 33.0. The van der Waals surface area contributed by atoms with Crippen molar-refractivity contribution in [2.24, 2.45) is 0 Å². The molecule has 0 spiro atoms. The van der Waals surface area contributed by atoms with Crippen LogP contribution >= 0.6 is 0 Å². The van der Waals surface area contributed by atoms with Crippen molar-refractivity contribution in [3.63, 3.8) is 0 Å². The van der Waals surface area contributed by atoms with Gasteiger partial charge in [-0.1, -0.05) is 0 Å². The maximum absolute atomic E-state index is 11.6. The Balaban J connectivity index is 2.53. The van der Waals surface area contributed by atoms with Crippen molar-refractivity contribution in [3.8, 4) is 5.75 Å². The predicted octanol–water partition coefficient (Wildman–Crippen LogP) is 0.628. The van der Waals surface area contributed by atoms with Crippen LogP contribution in [0.4, 0.5) is 0 Å². The zero-order valence-electron chi connectivity index (χ0n) is 10.7. The van der Waals surface area contributed by atoms with Gasteiger partial charge >= 0.3 is 5.97 Å². The molecule has 2 N–H and O–H groups in total. The molecule has 0 aliphatic carbocycles. The number of rotatable bonds is 9. The summed E-state index contributed by atoms with van der Waals surface area (Å²) in [6, 6.07) is 5.55. The Morgan fingerprint density at radius 3 is 2.35 bits per heavy atom. The van der Waals surface area contributed by atoms with Crippen molar-refractivity contribution in [1.82, 2.24) is 0 Å². The third-order valence-corrected chi connectivity index (χ3v) is 3.57. The second-order valence-electron chi connectivity index (χ2n) is 3.82. The van der Waals surface area contributed by atoms with E-state index < -0.39 is 16.1 Å². The highest BCUT2D eigenvalue weighted by atomic mass is 32.2. The van der Waals surface area contributed by atoms with E-state index in [0.717, 1.165) is 0 Å². The molecule has 0 aromatic heterocycles. The number of aliphatic hydroxyl groups excluding tert-OH is 1. The van der Waals surface area contributed by atoms with Gasteiger partial charge in [0, 0.05) is 6.42 Å². The molecule has 0 aliphatic rings. The molecule has 1 aromatic rings. The standard InChI is InChI=1S/C12H16O7S/c13-7-9-19-20(16,17)11-5-3-10(4-6-11)18-8-1-2-12(14)15/h3-6,13H,1-2,7-9H2,(H,14,15). The molecule has 7 nitrogen and oxygen atoms in total. The monoisotopic (exact) mass is 304 g/mol. The van der Waals surface area contributed by atoms with Crippen LogP contribution in [-0.4, -0.2) is 44.4 Å². The highest BCUT2D eigenvalue weighted by Crippen LogP contribution is 2.17. The van der Waals surface area contributed by atoms with E-state index in [1.165, 1.54) is 24.3 Å². The second kappa shape index (κ2) is 7.83. The van der Waals surface area contributed by atoms with E-state index in [1.54, 1.807) is 0 Å². The van der Waals surface area contributed by atoms with E-state index in [4.69, 9.17) is 14.9 Å². The lowest BCUT2D eigenvalue weighted by molar-refractivity contribution is -0.137. The number of benzene rings is 1. The Morgan fingerprint density at radius 1 is 1.15 bits per heavy atom. The molecule has 8 heteroatoms. The molecule has 0 saturated heterocycles. The van der Waals surface area contributed by atoms with Crippen LogP contribution in [0.3, 0.4) is 0 Å². The van der Waals surface area contributed by atoms with Gasteiger partial charge in [0.05, 0.1) is 24.7 Å². The summed E-state index contributed by atoms with van der Waals surface area (Å²) in [5.74, 6) is -0.451. The lowest BCUT2D eigenvalue weighted by atomic mass is 10.3. The quantitative estimate of drug-likeness (QED) is 0.508. The van der Waals surface area contributed by atoms with Gasteiger partial charge in [0.1, 0.15) is 5.75 Å². The average Bonchev–Trinajstić information content (AvgIpc) is 2.42. The molecule has 1 rings (SSSR count). The predicted molar refractivity (Wildman–Crippen MR) is 69.0 cm³/mol. The van der Waals surface area contributed by atoms with E-state index >= 15 is 0 Å². The summed E-state index contributed by atoms with van der Waals surface area (Å²) >= 11 is 0. The number of aliphatic hydroxyl groups is 1. The third kappa shape index (κ3) is 5.55. The highest BCUT2D eigenvalue weighted by Gasteiger charge is 2.14. The van der Waals surface area contributed by atoms with Crippen molar-refractivity contribution in [1.29, 1.82) is 0 Å². The van der Waals surface area contributed by atoms with Crippen molar-refractivity contribution < 1.29 is 32.3 Å². The van der Waals surface area contributed by atoms with Gasteiger partial charge in [0.2, 0.25) is 0 Å². The Kier molecular flexibility index (Phi) is 6.43. The first-order chi connectivity index (χ1) is 9.45. The van der Waals surface area contributed by atoms with Gasteiger partial charge in [0.15, 0.2) is 0 Å². The van der Waals surface area contributed by atoms with Gasteiger partial charge in [-0.05, 0) is 30.7 Å². The lowest BCUT2D eigenvalue weighted by Gasteiger charge is -2.07. The number of carboxylic acids is 1. The first-order valence-electron chi connectivity index (χ1n) is 5.90. The van der Waals surface area contributed by atoms with Gasteiger partial charge in [0.25, 0.3) is 10.1 Å². The molecular weight excluding hydrogens is 288 g/mol. The number of carboxylic acid groups (broad SMARTS) is 1. The lowest BCUT2D eigenvalue weighted by Crippen LogP contribution is -2.09.